The molecule has 3 heterocycles. The highest BCUT2D eigenvalue weighted by Crippen LogP contribution is 2.43. The lowest BCUT2D eigenvalue weighted by molar-refractivity contribution is -0.139. The Labute approximate surface area is 154 Å². The smallest absolute Gasteiger partial charge is 0.230 e. The predicted molar refractivity (Wildman–Crippen MR) is 97.4 cm³/mol. The van der Waals surface area contributed by atoms with Crippen molar-refractivity contribution in [3.05, 3.63) is 23.9 Å². The van der Waals surface area contributed by atoms with Crippen LogP contribution in [0.1, 0.15) is 50.5 Å². The number of aliphatic hydroxyl groups excluding tert-OH is 1. The molecule has 1 aromatic heterocycles. The van der Waals surface area contributed by atoms with Crippen molar-refractivity contribution in [1.29, 1.82) is 5.26 Å². The van der Waals surface area contributed by atoms with E-state index in [1.165, 1.54) is 0 Å². The van der Waals surface area contributed by atoms with Gasteiger partial charge in [0.25, 0.3) is 0 Å². The molecule has 3 fully saturated rings. The van der Waals surface area contributed by atoms with E-state index in [0.29, 0.717) is 24.1 Å². The van der Waals surface area contributed by atoms with Crippen LogP contribution < -0.4 is 4.90 Å². The topological polar surface area (TPSA) is 80.5 Å². The first-order valence-corrected chi connectivity index (χ1v) is 9.71. The Morgan fingerprint density at radius 3 is 2.81 bits per heavy atom. The highest BCUT2D eigenvalue weighted by Gasteiger charge is 2.50. The van der Waals surface area contributed by atoms with E-state index < -0.39 is 0 Å². The number of nitrogens with zero attached hydrogens (tertiary/aromatic N) is 4. The van der Waals surface area contributed by atoms with E-state index in [2.05, 4.69) is 20.9 Å². The highest BCUT2D eigenvalue weighted by atomic mass is 16.3. The van der Waals surface area contributed by atoms with E-state index in [9.17, 15) is 9.90 Å². The maximum atomic E-state index is 13.3. The van der Waals surface area contributed by atoms with E-state index in [-0.39, 0.29) is 11.5 Å². The lowest BCUT2D eigenvalue weighted by Crippen LogP contribution is -2.50. The summed E-state index contributed by atoms with van der Waals surface area (Å²) in [7, 11) is 0. The molecule has 1 saturated carbocycles. The Bertz CT molecular complexity index is 723. The van der Waals surface area contributed by atoms with Crippen LogP contribution in [0.4, 0.5) is 5.82 Å². The number of aromatic nitrogens is 1. The maximum absolute atomic E-state index is 13.3. The van der Waals surface area contributed by atoms with Crippen LogP contribution in [-0.4, -0.2) is 52.7 Å². The molecule has 0 aromatic carbocycles. The molecule has 26 heavy (non-hydrogen) atoms. The summed E-state index contributed by atoms with van der Waals surface area (Å²) in [4.78, 5) is 22.0. The van der Waals surface area contributed by atoms with Crippen molar-refractivity contribution in [3.8, 4) is 6.07 Å². The monoisotopic (exact) mass is 354 g/mol. The van der Waals surface area contributed by atoms with E-state index in [4.69, 9.17) is 5.26 Å². The summed E-state index contributed by atoms with van der Waals surface area (Å²) >= 11 is 0. The van der Waals surface area contributed by atoms with Gasteiger partial charge in [0.15, 0.2) is 0 Å². The number of amides is 1. The van der Waals surface area contributed by atoms with Gasteiger partial charge in [0, 0.05) is 31.9 Å². The Morgan fingerprint density at radius 1 is 1.23 bits per heavy atom. The Balaban J connectivity index is 1.50. The Kier molecular flexibility index (Phi) is 4.58. The Hall–Kier alpha value is -2.13. The number of rotatable bonds is 2. The summed E-state index contributed by atoms with van der Waals surface area (Å²) in [5.41, 5.74) is 0.299. The summed E-state index contributed by atoms with van der Waals surface area (Å²) in [6.45, 7) is 2.41. The van der Waals surface area contributed by atoms with Crippen molar-refractivity contribution >= 4 is 11.7 Å². The third kappa shape index (κ3) is 3.05. The molecule has 1 atom stereocenters. The third-order valence-corrected chi connectivity index (χ3v) is 6.43. The molecule has 0 bridgehead atoms. The van der Waals surface area contributed by atoms with Gasteiger partial charge in [-0.15, -0.1) is 0 Å². The largest absolute Gasteiger partial charge is 0.393 e. The van der Waals surface area contributed by atoms with Crippen LogP contribution in [0.2, 0.25) is 0 Å². The quantitative estimate of drug-likeness (QED) is 0.879. The number of likely N-dealkylation sites (tertiary alicyclic amines) is 1. The van der Waals surface area contributed by atoms with Crippen LogP contribution in [0.25, 0.3) is 0 Å². The number of hydrogen-bond donors (Lipinski definition) is 1. The molecule has 0 unspecified atom stereocenters. The second kappa shape index (κ2) is 6.88. The summed E-state index contributed by atoms with van der Waals surface area (Å²) in [6, 6.07) is 5.99. The van der Waals surface area contributed by atoms with E-state index in [1.807, 2.05) is 6.07 Å². The molecule has 138 valence electrons. The van der Waals surface area contributed by atoms with Gasteiger partial charge < -0.3 is 14.9 Å². The van der Waals surface area contributed by atoms with Gasteiger partial charge in [-0.3, -0.25) is 4.79 Å². The van der Waals surface area contributed by atoms with Crippen molar-refractivity contribution in [3.63, 3.8) is 0 Å². The molecule has 6 heteroatoms. The fourth-order valence-electron chi connectivity index (χ4n) is 4.93. The average Bonchev–Trinajstić information content (AvgIpc) is 2.98. The number of pyridine rings is 1. The number of piperidine rings is 1. The standard InChI is InChI=1S/C20H26N4O2/c21-13-15-6-9-22-18(12-15)23-10-1-7-20(14-23)8-11-24(19(20)26)16-2-4-17(25)5-3-16/h6,9,12,16-17,25H,1-5,7-8,10-11,14H2/t16-,17+,20-/m1/s1. The van der Waals surface area contributed by atoms with Crippen LogP contribution in [0.3, 0.4) is 0 Å². The number of aliphatic hydroxyl groups is 1. The van der Waals surface area contributed by atoms with Crippen molar-refractivity contribution < 1.29 is 9.90 Å². The number of anilines is 1. The zero-order valence-electron chi connectivity index (χ0n) is 15.1. The van der Waals surface area contributed by atoms with Crippen LogP contribution in [-0.2, 0) is 4.79 Å². The van der Waals surface area contributed by atoms with E-state index in [0.717, 1.165) is 63.9 Å². The lowest BCUT2D eigenvalue weighted by atomic mass is 9.78. The van der Waals surface area contributed by atoms with Gasteiger partial charge in [-0.2, -0.15) is 5.26 Å². The first-order valence-electron chi connectivity index (χ1n) is 9.71. The van der Waals surface area contributed by atoms with Crippen molar-refractivity contribution in [2.45, 2.75) is 57.1 Å². The molecule has 1 amide bonds. The molecule has 6 nitrogen and oxygen atoms in total. The molecule has 2 aliphatic heterocycles. The molecular formula is C20H26N4O2. The first kappa shape index (κ1) is 17.3. The van der Waals surface area contributed by atoms with Crippen LogP contribution in [0, 0.1) is 16.7 Å². The normalized spacial score (nSPS) is 32.1. The molecule has 0 radical (unpaired) electrons. The van der Waals surface area contributed by atoms with Gasteiger partial charge >= 0.3 is 0 Å². The van der Waals surface area contributed by atoms with Crippen LogP contribution >= 0.6 is 0 Å². The van der Waals surface area contributed by atoms with Crippen molar-refractivity contribution in [2.24, 2.45) is 5.41 Å². The first-order chi connectivity index (χ1) is 12.6. The second-order valence-corrected chi connectivity index (χ2v) is 8.03. The predicted octanol–water partition coefficient (Wildman–Crippen LogP) is 2.08. The van der Waals surface area contributed by atoms with Crippen molar-refractivity contribution in [1.82, 2.24) is 9.88 Å². The number of carbonyl (C=O) groups excluding carboxylic acids is 1. The van der Waals surface area contributed by atoms with Gasteiger partial charge in [-0.1, -0.05) is 0 Å². The van der Waals surface area contributed by atoms with E-state index in [1.54, 1.807) is 12.3 Å². The van der Waals surface area contributed by atoms with Crippen molar-refractivity contribution in [2.75, 3.05) is 24.5 Å². The van der Waals surface area contributed by atoms with Gasteiger partial charge in [-0.05, 0) is 57.1 Å². The van der Waals surface area contributed by atoms with Gasteiger partial charge in [0.2, 0.25) is 5.91 Å². The molecule has 1 aliphatic carbocycles. The number of hydrogen-bond acceptors (Lipinski definition) is 5. The molecule has 2 saturated heterocycles. The third-order valence-electron chi connectivity index (χ3n) is 6.43. The molecule has 1 N–H and O–H groups in total. The highest BCUT2D eigenvalue weighted by molar-refractivity contribution is 5.86. The van der Waals surface area contributed by atoms with Crippen LogP contribution in [0.5, 0.6) is 0 Å². The minimum atomic E-state index is -0.307. The fraction of sp³-hybridized carbons (Fsp3) is 0.650. The van der Waals surface area contributed by atoms with Gasteiger partial charge in [0.1, 0.15) is 5.82 Å². The summed E-state index contributed by atoms with van der Waals surface area (Å²) < 4.78 is 0. The fourth-order valence-corrected chi connectivity index (χ4v) is 4.93. The van der Waals surface area contributed by atoms with E-state index >= 15 is 0 Å². The minimum absolute atomic E-state index is 0.193. The summed E-state index contributed by atoms with van der Waals surface area (Å²) in [6.07, 6.45) is 7.73. The SMILES string of the molecule is N#Cc1ccnc(N2CCC[C@@]3(CCN([C@H]4CC[C@@H](O)CC4)C3=O)C2)c1. The maximum Gasteiger partial charge on any atom is 0.230 e. The number of carbonyl (C=O) groups is 1. The molecule has 1 spiro atoms. The number of nitriles is 1. The molecule has 3 aliphatic rings. The molecule has 1 aromatic rings. The Morgan fingerprint density at radius 2 is 2.04 bits per heavy atom. The molecular weight excluding hydrogens is 328 g/mol. The molecule has 4 rings (SSSR count). The lowest BCUT2D eigenvalue weighted by Gasteiger charge is -2.41. The summed E-state index contributed by atoms with van der Waals surface area (Å²) in [5, 5.41) is 18.9. The minimum Gasteiger partial charge on any atom is -0.393 e. The second-order valence-electron chi connectivity index (χ2n) is 8.03. The zero-order chi connectivity index (χ0) is 18.1. The summed E-state index contributed by atoms with van der Waals surface area (Å²) in [5.74, 6) is 1.09. The van der Waals surface area contributed by atoms with Crippen LogP contribution in [0.15, 0.2) is 18.3 Å². The van der Waals surface area contributed by atoms with Gasteiger partial charge in [-0.25, -0.2) is 4.98 Å². The van der Waals surface area contributed by atoms with Gasteiger partial charge in [0.05, 0.1) is 23.2 Å². The average molecular weight is 354 g/mol. The zero-order valence-corrected chi connectivity index (χ0v) is 15.1.